The van der Waals surface area contributed by atoms with Gasteiger partial charge in [0.25, 0.3) is 0 Å². The van der Waals surface area contributed by atoms with Gasteiger partial charge in [-0.1, -0.05) is 25.1 Å². The summed E-state index contributed by atoms with van der Waals surface area (Å²) in [6.45, 7) is 5.93. The Morgan fingerprint density at radius 1 is 1.16 bits per heavy atom. The van der Waals surface area contributed by atoms with Crippen LogP contribution in [0.4, 0.5) is 11.6 Å². The Labute approximate surface area is 114 Å². The monoisotopic (exact) mass is 256 g/mol. The lowest BCUT2D eigenvalue weighted by molar-refractivity contribution is 0.721. The second kappa shape index (κ2) is 6.29. The summed E-state index contributed by atoms with van der Waals surface area (Å²) in [5, 5.41) is 3.26. The van der Waals surface area contributed by atoms with Crippen LogP contribution in [0.2, 0.25) is 0 Å². The predicted molar refractivity (Wildman–Crippen MR) is 78.7 cm³/mol. The van der Waals surface area contributed by atoms with Crippen molar-refractivity contribution in [1.82, 2.24) is 15.3 Å². The second-order valence-corrected chi connectivity index (χ2v) is 4.52. The van der Waals surface area contributed by atoms with Crippen LogP contribution in [0.15, 0.2) is 36.7 Å². The van der Waals surface area contributed by atoms with Gasteiger partial charge in [-0.05, 0) is 25.1 Å². The third-order valence-electron chi connectivity index (χ3n) is 3.05. The number of para-hydroxylation sites is 1. The van der Waals surface area contributed by atoms with Crippen LogP contribution in [0.25, 0.3) is 0 Å². The first kappa shape index (κ1) is 13.5. The maximum absolute atomic E-state index is 4.42. The van der Waals surface area contributed by atoms with Crippen LogP contribution < -0.4 is 10.2 Å². The van der Waals surface area contributed by atoms with Crippen molar-refractivity contribution in [3.63, 3.8) is 0 Å². The van der Waals surface area contributed by atoms with E-state index >= 15 is 0 Å². The minimum Gasteiger partial charge on any atom is -0.313 e. The molecule has 0 unspecified atom stereocenters. The predicted octanol–water partition coefficient (Wildman–Crippen LogP) is 2.66. The summed E-state index contributed by atoms with van der Waals surface area (Å²) >= 11 is 0. The van der Waals surface area contributed by atoms with Gasteiger partial charge in [0.05, 0.1) is 0 Å². The summed E-state index contributed by atoms with van der Waals surface area (Å²) in [5.74, 6) is 0.717. The SMILES string of the molecule is CCNCc1cnc(N(C)c2ccccc2C)nc1. The first-order valence-electron chi connectivity index (χ1n) is 6.53. The van der Waals surface area contributed by atoms with Gasteiger partial charge in [-0.2, -0.15) is 0 Å². The normalized spacial score (nSPS) is 10.5. The summed E-state index contributed by atoms with van der Waals surface area (Å²) in [5.41, 5.74) is 3.44. The van der Waals surface area contributed by atoms with Crippen LogP contribution in [0.3, 0.4) is 0 Å². The molecule has 2 aromatic rings. The molecule has 0 radical (unpaired) electrons. The van der Waals surface area contributed by atoms with Crippen molar-refractivity contribution in [3.05, 3.63) is 47.8 Å². The van der Waals surface area contributed by atoms with Gasteiger partial charge >= 0.3 is 0 Å². The zero-order chi connectivity index (χ0) is 13.7. The summed E-state index contributed by atoms with van der Waals surface area (Å²) in [4.78, 5) is 10.9. The van der Waals surface area contributed by atoms with Gasteiger partial charge in [-0.25, -0.2) is 9.97 Å². The average molecular weight is 256 g/mol. The number of nitrogens with zero attached hydrogens (tertiary/aromatic N) is 3. The second-order valence-electron chi connectivity index (χ2n) is 4.52. The first-order valence-corrected chi connectivity index (χ1v) is 6.53. The molecule has 0 bridgehead atoms. The van der Waals surface area contributed by atoms with Gasteiger partial charge in [0.2, 0.25) is 5.95 Å². The highest BCUT2D eigenvalue weighted by atomic mass is 15.2. The zero-order valence-corrected chi connectivity index (χ0v) is 11.7. The molecule has 0 saturated carbocycles. The maximum Gasteiger partial charge on any atom is 0.229 e. The van der Waals surface area contributed by atoms with Gasteiger partial charge < -0.3 is 10.2 Å². The largest absolute Gasteiger partial charge is 0.313 e. The molecule has 1 aromatic heterocycles. The summed E-state index contributed by atoms with van der Waals surface area (Å²) in [6, 6.07) is 8.22. The van der Waals surface area contributed by atoms with E-state index in [2.05, 4.69) is 41.3 Å². The number of hydrogen-bond acceptors (Lipinski definition) is 4. The molecule has 0 spiro atoms. The molecule has 4 heteroatoms. The minimum absolute atomic E-state index is 0.717. The molecular weight excluding hydrogens is 236 g/mol. The van der Waals surface area contributed by atoms with Crippen LogP contribution >= 0.6 is 0 Å². The van der Waals surface area contributed by atoms with E-state index in [9.17, 15) is 0 Å². The van der Waals surface area contributed by atoms with E-state index in [0.717, 1.165) is 30.3 Å². The van der Waals surface area contributed by atoms with Gasteiger partial charge in [-0.15, -0.1) is 0 Å². The Balaban J connectivity index is 2.16. The summed E-state index contributed by atoms with van der Waals surface area (Å²) in [6.07, 6.45) is 3.75. The van der Waals surface area contributed by atoms with Crippen LogP contribution in [0.1, 0.15) is 18.1 Å². The Morgan fingerprint density at radius 3 is 2.47 bits per heavy atom. The van der Waals surface area contributed by atoms with Gasteiger partial charge in [-0.3, -0.25) is 0 Å². The molecule has 0 fully saturated rings. The van der Waals surface area contributed by atoms with Crippen LogP contribution in [0, 0.1) is 6.92 Å². The van der Waals surface area contributed by atoms with E-state index in [4.69, 9.17) is 0 Å². The summed E-state index contributed by atoms with van der Waals surface area (Å²) in [7, 11) is 1.99. The molecule has 0 amide bonds. The Morgan fingerprint density at radius 2 is 1.84 bits per heavy atom. The number of rotatable bonds is 5. The van der Waals surface area contributed by atoms with Crippen LogP contribution in [-0.2, 0) is 6.54 Å². The van der Waals surface area contributed by atoms with Crippen molar-refractivity contribution in [1.29, 1.82) is 0 Å². The fourth-order valence-electron chi connectivity index (χ4n) is 1.93. The first-order chi connectivity index (χ1) is 9.22. The number of hydrogen-bond donors (Lipinski definition) is 1. The zero-order valence-electron chi connectivity index (χ0n) is 11.7. The maximum atomic E-state index is 4.42. The molecular formula is C15H20N4. The molecule has 2 rings (SSSR count). The number of nitrogens with one attached hydrogen (secondary N) is 1. The molecule has 1 heterocycles. The number of benzene rings is 1. The Hall–Kier alpha value is -1.94. The fraction of sp³-hybridized carbons (Fsp3) is 0.333. The number of anilines is 2. The number of aromatic nitrogens is 2. The lowest BCUT2D eigenvalue weighted by Gasteiger charge is -2.19. The Bertz CT molecular complexity index is 522. The smallest absolute Gasteiger partial charge is 0.229 e. The fourth-order valence-corrected chi connectivity index (χ4v) is 1.93. The van der Waals surface area contributed by atoms with E-state index < -0.39 is 0 Å². The highest BCUT2D eigenvalue weighted by Gasteiger charge is 2.08. The quantitative estimate of drug-likeness (QED) is 0.893. The van der Waals surface area contributed by atoms with E-state index in [1.54, 1.807) is 0 Å². The van der Waals surface area contributed by atoms with Crippen molar-refractivity contribution in [2.24, 2.45) is 0 Å². The molecule has 0 aliphatic rings. The van der Waals surface area contributed by atoms with E-state index in [-0.39, 0.29) is 0 Å². The van der Waals surface area contributed by atoms with Gasteiger partial charge in [0.1, 0.15) is 0 Å². The minimum atomic E-state index is 0.717. The molecule has 100 valence electrons. The van der Waals surface area contributed by atoms with Crippen LogP contribution in [0.5, 0.6) is 0 Å². The third kappa shape index (κ3) is 3.29. The van der Waals surface area contributed by atoms with Crippen molar-refractivity contribution in [3.8, 4) is 0 Å². The highest BCUT2D eigenvalue weighted by Crippen LogP contribution is 2.23. The van der Waals surface area contributed by atoms with Crippen molar-refractivity contribution < 1.29 is 0 Å². The highest BCUT2D eigenvalue weighted by molar-refractivity contribution is 5.60. The van der Waals surface area contributed by atoms with Gasteiger partial charge in [0.15, 0.2) is 0 Å². The van der Waals surface area contributed by atoms with Crippen molar-refractivity contribution >= 4 is 11.6 Å². The molecule has 0 atom stereocenters. The van der Waals surface area contributed by atoms with E-state index in [1.165, 1.54) is 5.56 Å². The third-order valence-corrected chi connectivity index (χ3v) is 3.05. The molecule has 19 heavy (non-hydrogen) atoms. The molecule has 0 aliphatic carbocycles. The lowest BCUT2D eigenvalue weighted by atomic mass is 10.2. The van der Waals surface area contributed by atoms with E-state index in [1.807, 2.05) is 36.5 Å². The number of aryl methyl sites for hydroxylation is 1. The standard InChI is InChI=1S/C15H20N4/c1-4-16-9-13-10-17-15(18-11-13)19(3)14-8-6-5-7-12(14)2/h5-8,10-11,16H,4,9H2,1-3H3. The average Bonchev–Trinajstić information content (AvgIpc) is 2.45. The molecule has 0 aliphatic heterocycles. The topological polar surface area (TPSA) is 41.1 Å². The summed E-state index contributed by atoms with van der Waals surface area (Å²) < 4.78 is 0. The molecule has 4 nitrogen and oxygen atoms in total. The molecule has 1 N–H and O–H groups in total. The van der Waals surface area contributed by atoms with Gasteiger partial charge in [0, 0.05) is 37.2 Å². The molecule has 0 saturated heterocycles. The Kier molecular flexibility index (Phi) is 4.47. The molecule has 1 aromatic carbocycles. The van der Waals surface area contributed by atoms with Crippen LogP contribution in [-0.4, -0.2) is 23.6 Å². The lowest BCUT2D eigenvalue weighted by Crippen LogP contribution is -2.16. The van der Waals surface area contributed by atoms with E-state index in [0.29, 0.717) is 0 Å². The van der Waals surface area contributed by atoms with Crippen molar-refractivity contribution in [2.75, 3.05) is 18.5 Å². The van der Waals surface area contributed by atoms with Crippen molar-refractivity contribution in [2.45, 2.75) is 20.4 Å².